The SMILES string of the molecule is CCc1noc(COc2c(Br)cc(C(=O)O)cc2OC)n1. The zero-order valence-electron chi connectivity index (χ0n) is 11.4. The Labute approximate surface area is 129 Å². The molecule has 0 radical (unpaired) electrons. The summed E-state index contributed by atoms with van der Waals surface area (Å²) in [5.41, 5.74) is 0.0946. The molecule has 1 aromatic carbocycles. The Morgan fingerprint density at radius 3 is 2.81 bits per heavy atom. The van der Waals surface area contributed by atoms with Crippen LogP contribution in [0, 0.1) is 0 Å². The third-order valence-corrected chi connectivity index (χ3v) is 3.23. The van der Waals surface area contributed by atoms with Crippen molar-refractivity contribution in [2.45, 2.75) is 20.0 Å². The maximum atomic E-state index is 11.0. The third-order valence-electron chi connectivity index (χ3n) is 2.64. The van der Waals surface area contributed by atoms with E-state index in [0.717, 1.165) is 0 Å². The van der Waals surface area contributed by atoms with Crippen molar-refractivity contribution in [3.05, 3.63) is 33.9 Å². The Morgan fingerprint density at radius 1 is 1.48 bits per heavy atom. The molecular formula is C13H13BrN2O5. The number of aromatic nitrogens is 2. The number of aryl methyl sites for hydroxylation is 1. The van der Waals surface area contributed by atoms with Gasteiger partial charge in [0.25, 0.3) is 5.89 Å². The van der Waals surface area contributed by atoms with Gasteiger partial charge in [-0.1, -0.05) is 12.1 Å². The number of methoxy groups -OCH3 is 1. The minimum Gasteiger partial charge on any atom is -0.493 e. The average Bonchev–Trinajstić information content (AvgIpc) is 2.93. The molecule has 0 spiro atoms. The fraction of sp³-hybridized carbons (Fsp3) is 0.308. The van der Waals surface area contributed by atoms with E-state index in [9.17, 15) is 4.79 Å². The molecule has 0 aliphatic rings. The Morgan fingerprint density at radius 2 is 2.24 bits per heavy atom. The van der Waals surface area contributed by atoms with Crippen molar-refractivity contribution < 1.29 is 23.9 Å². The number of halogens is 1. The van der Waals surface area contributed by atoms with Gasteiger partial charge in [0.2, 0.25) is 0 Å². The van der Waals surface area contributed by atoms with E-state index in [1.807, 2.05) is 6.92 Å². The van der Waals surface area contributed by atoms with E-state index in [1.165, 1.54) is 19.2 Å². The second-order valence-electron chi connectivity index (χ2n) is 4.04. The highest BCUT2D eigenvalue weighted by Gasteiger charge is 2.16. The third kappa shape index (κ3) is 3.52. The summed E-state index contributed by atoms with van der Waals surface area (Å²) in [6.07, 6.45) is 0.670. The van der Waals surface area contributed by atoms with Crippen LogP contribution in [0.5, 0.6) is 11.5 Å². The van der Waals surface area contributed by atoms with Crippen molar-refractivity contribution in [1.82, 2.24) is 10.1 Å². The molecule has 0 unspecified atom stereocenters. The van der Waals surface area contributed by atoms with Crippen molar-refractivity contribution >= 4 is 21.9 Å². The Balaban J connectivity index is 2.20. The van der Waals surface area contributed by atoms with Gasteiger partial charge >= 0.3 is 5.97 Å². The summed E-state index contributed by atoms with van der Waals surface area (Å²) < 4.78 is 16.2. The first-order chi connectivity index (χ1) is 10.0. The summed E-state index contributed by atoms with van der Waals surface area (Å²) in [7, 11) is 1.43. The first-order valence-electron chi connectivity index (χ1n) is 6.10. The average molecular weight is 357 g/mol. The van der Waals surface area contributed by atoms with E-state index in [2.05, 4.69) is 26.1 Å². The van der Waals surface area contributed by atoms with E-state index in [1.54, 1.807) is 0 Å². The van der Waals surface area contributed by atoms with Gasteiger partial charge in [-0.05, 0) is 28.1 Å². The highest BCUT2D eigenvalue weighted by molar-refractivity contribution is 9.10. The van der Waals surface area contributed by atoms with Crippen LogP contribution in [0.25, 0.3) is 0 Å². The zero-order chi connectivity index (χ0) is 15.4. The largest absolute Gasteiger partial charge is 0.493 e. The van der Waals surface area contributed by atoms with Gasteiger partial charge in [0.05, 0.1) is 17.1 Å². The molecule has 1 heterocycles. The molecule has 0 aliphatic carbocycles. The van der Waals surface area contributed by atoms with E-state index in [0.29, 0.717) is 34.1 Å². The van der Waals surface area contributed by atoms with Gasteiger partial charge in [-0.2, -0.15) is 4.98 Å². The summed E-state index contributed by atoms with van der Waals surface area (Å²) in [6, 6.07) is 2.82. The second kappa shape index (κ2) is 6.57. The van der Waals surface area contributed by atoms with Crippen molar-refractivity contribution in [3.8, 4) is 11.5 Å². The second-order valence-corrected chi connectivity index (χ2v) is 4.90. The fourth-order valence-corrected chi connectivity index (χ4v) is 2.17. The number of rotatable bonds is 6. The molecular weight excluding hydrogens is 344 g/mol. The summed E-state index contributed by atoms with van der Waals surface area (Å²) in [6.45, 7) is 1.98. The molecule has 7 nitrogen and oxygen atoms in total. The molecule has 2 rings (SSSR count). The summed E-state index contributed by atoms with van der Waals surface area (Å²) in [5.74, 6) is 0.560. The molecule has 1 aromatic heterocycles. The van der Waals surface area contributed by atoms with Crippen molar-refractivity contribution in [3.63, 3.8) is 0 Å². The van der Waals surface area contributed by atoms with E-state index in [-0.39, 0.29) is 12.2 Å². The lowest BCUT2D eigenvalue weighted by Gasteiger charge is -2.12. The molecule has 0 amide bonds. The van der Waals surface area contributed by atoms with Crippen molar-refractivity contribution in [1.29, 1.82) is 0 Å². The number of nitrogens with zero attached hydrogens (tertiary/aromatic N) is 2. The van der Waals surface area contributed by atoms with Gasteiger partial charge < -0.3 is 19.1 Å². The normalized spacial score (nSPS) is 10.4. The van der Waals surface area contributed by atoms with Gasteiger partial charge in [0.1, 0.15) is 0 Å². The number of carbonyl (C=O) groups is 1. The molecule has 8 heteroatoms. The lowest BCUT2D eigenvalue weighted by Crippen LogP contribution is -2.02. The van der Waals surface area contributed by atoms with E-state index in [4.69, 9.17) is 19.1 Å². The first-order valence-corrected chi connectivity index (χ1v) is 6.89. The van der Waals surface area contributed by atoms with Crippen LogP contribution in [0.1, 0.15) is 29.0 Å². The Kier molecular flexibility index (Phi) is 4.79. The molecule has 21 heavy (non-hydrogen) atoms. The van der Waals surface area contributed by atoms with Crippen LogP contribution >= 0.6 is 15.9 Å². The minimum atomic E-state index is -1.05. The van der Waals surface area contributed by atoms with E-state index < -0.39 is 5.97 Å². The topological polar surface area (TPSA) is 94.7 Å². The quantitative estimate of drug-likeness (QED) is 0.849. The van der Waals surface area contributed by atoms with Gasteiger partial charge in [-0.3, -0.25) is 0 Å². The minimum absolute atomic E-state index is 0.0639. The summed E-state index contributed by atoms with van der Waals surface area (Å²) in [5, 5.41) is 12.8. The number of benzene rings is 1. The molecule has 0 saturated heterocycles. The number of hydrogen-bond acceptors (Lipinski definition) is 6. The highest BCUT2D eigenvalue weighted by atomic mass is 79.9. The predicted molar refractivity (Wildman–Crippen MR) is 75.7 cm³/mol. The van der Waals surface area contributed by atoms with Gasteiger partial charge in [-0.25, -0.2) is 4.79 Å². The van der Waals surface area contributed by atoms with Crippen LogP contribution in [0.15, 0.2) is 21.1 Å². The Hall–Kier alpha value is -2.09. The molecule has 0 bridgehead atoms. The molecule has 112 valence electrons. The molecule has 0 fully saturated rings. The van der Waals surface area contributed by atoms with Crippen LogP contribution in [0.3, 0.4) is 0 Å². The van der Waals surface area contributed by atoms with Crippen LogP contribution in [0.2, 0.25) is 0 Å². The molecule has 0 aliphatic heterocycles. The lowest BCUT2D eigenvalue weighted by molar-refractivity contribution is 0.0696. The number of carboxylic acid groups (broad SMARTS) is 1. The Bertz CT molecular complexity index is 656. The molecule has 1 N–H and O–H groups in total. The number of aromatic carboxylic acids is 1. The monoisotopic (exact) mass is 356 g/mol. The van der Waals surface area contributed by atoms with Crippen LogP contribution in [-0.2, 0) is 13.0 Å². The molecule has 2 aromatic rings. The van der Waals surface area contributed by atoms with Gasteiger partial charge in [-0.15, -0.1) is 0 Å². The van der Waals surface area contributed by atoms with Crippen molar-refractivity contribution in [2.75, 3.05) is 7.11 Å². The fourth-order valence-electron chi connectivity index (χ4n) is 1.61. The summed E-state index contributed by atoms with van der Waals surface area (Å²) in [4.78, 5) is 15.1. The summed E-state index contributed by atoms with van der Waals surface area (Å²) >= 11 is 3.26. The highest BCUT2D eigenvalue weighted by Crippen LogP contribution is 2.37. The standard InChI is InChI=1S/C13H13BrN2O5/c1-3-10-15-11(21-16-10)6-20-12-8(14)4-7(13(17)18)5-9(12)19-2/h4-5H,3,6H2,1-2H3,(H,17,18). The maximum absolute atomic E-state index is 11.0. The lowest BCUT2D eigenvalue weighted by atomic mass is 10.2. The van der Waals surface area contributed by atoms with E-state index >= 15 is 0 Å². The number of ether oxygens (including phenoxy) is 2. The maximum Gasteiger partial charge on any atom is 0.335 e. The van der Waals surface area contributed by atoms with Crippen LogP contribution in [0.4, 0.5) is 0 Å². The number of hydrogen-bond donors (Lipinski definition) is 1. The predicted octanol–water partition coefficient (Wildman–Crippen LogP) is 2.68. The zero-order valence-corrected chi connectivity index (χ0v) is 13.0. The first kappa shape index (κ1) is 15.3. The van der Waals surface area contributed by atoms with Crippen molar-refractivity contribution in [2.24, 2.45) is 0 Å². The number of carboxylic acids is 1. The van der Waals surface area contributed by atoms with Crippen LogP contribution < -0.4 is 9.47 Å². The molecule has 0 saturated carbocycles. The van der Waals surface area contributed by atoms with Crippen LogP contribution in [-0.4, -0.2) is 28.3 Å². The molecule has 0 atom stereocenters. The smallest absolute Gasteiger partial charge is 0.335 e. The van der Waals surface area contributed by atoms with Gasteiger partial charge in [0.15, 0.2) is 23.9 Å². The van der Waals surface area contributed by atoms with Gasteiger partial charge in [0, 0.05) is 6.42 Å².